The van der Waals surface area contributed by atoms with Crippen LogP contribution >= 0.6 is 0 Å². The first kappa shape index (κ1) is 16.3. The molecule has 0 bridgehead atoms. The SMILES string of the molecule is Cc1ccccc1OCCCNC(=O)N(C)C(C)CO. The van der Waals surface area contributed by atoms with Gasteiger partial charge >= 0.3 is 6.03 Å². The maximum Gasteiger partial charge on any atom is 0.317 e. The highest BCUT2D eigenvalue weighted by Gasteiger charge is 2.13. The Morgan fingerprint density at radius 3 is 2.80 bits per heavy atom. The van der Waals surface area contributed by atoms with E-state index >= 15 is 0 Å². The first-order valence-electron chi connectivity index (χ1n) is 6.86. The molecule has 0 radical (unpaired) electrons. The van der Waals surface area contributed by atoms with Crippen LogP contribution in [0.2, 0.25) is 0 Å². The highest BCUT2D eigenvalue weighted by atomic mass is 16.5. The lowest BCUT2D eigenvalue weighted by molar-refractivity contribution is 0.157. The second-order valence-corrected chi connectivity index (χ2v) is 4.84. The Bertz CT molecular complexity index is 423. The van der Waals surface area contributed by atoms with Gasteiger partial charge in [-0.1, -0.05) is 18.2 Å². The Kier molecular flexibility index (Phi) is 6.87. The van der Waals surface area contributed by atoms with Gasteiger partial charge in [-0.2, -0.15) is 0 Å². The highest BCUT2D eigenvalue weighted by Crippen LogP contribution is 2.15. The third-order valence-electron chi connectivity index (χ3n) is 3.19. The van der Waals surface area contributed by atoms with Crippen molar-refractivity contribution < 1.29 is 14.6 Å². The molecule has 2 amide bonds. The number of carbonyl (C=O) groups excluding carboxylic acids is 1. The molecule has 0 aliphatic heterocycles. The minimum absolute atomic E-state index is 0.0414. The maximum atomic E-state index is 11.7. The largest absolute Gasteiger partial charge is 0.493 e. The molecule has 0 aromatic heterocycles. The molecule has 0 heterocycles. The molecule has 0 saturated heterocycles. The summed E-state index contributed by atoms with van der Waals surface area (Å²) >= 11 is 0. The predicted molar refractivity (Wildman–Crippen MR) is 79.0 cm³/mol. The van der Waals surface area contributed by atoms with Crippen LogP contribution in [0.5, 0.6) is 5.75 Å². The number of rotatable bonds is 7. The molecule has 5 nitrogen and oxygen atoms in total. The molecule has 0 fully saturated rings. The normalized spacial score (nSPS) is 11.8. The minimum Gasteiger partial charge on any atom is -0.493 e. The molecule has 1 unspecified atom stereocenters. The summed E-state index contributed by atoms with van der Waals surface area (Å²) in [6, 6.07) is 7.49. The number of para-hydroxylation sites is 1. The van der Waals surface area contributed by atoms with E-state index in [0.717, 1.165) is 17.7 Å². The summed E-state index contributed by atoms with van der Waals surface area (Å²) in [5.74, 6) is 0.879. The predicted octanol–water partition coefficient (Wildman–Crippen LogP) is 1.79. The molecule has 0 aliphatic carbocycles. The van der Waals surface area contributed by atoms with E-state index in [4.69, 9.17) is 9.84 Å². The van der Waals surface area contributed by atoms with E-state index in [1.807, 2.05) is 31.2 Å². The van der Waals surface area contributed by atoms with E-state index in [0.29, 0.717) is 13.2 Å². The standard InChI is InChI=1S/C15H24N2O3/c1-12-7-4-5-8-14(12)20-10-6-9-16-15(19)17(3)13(2)11-18/h4-5,7-8,13,18H,6,9-11H2,1-3H3,(H,16,19). The van der Waals surface area contributed by atoms with Crippen molar-refractivity contribution in [2.24, 2.45) is 0 Å². The van der Waals surface area contributed by atoms with Crippen LogP contribution in [0.25, 0.3) is 0 Å². The minimum atomic E-state index is -0.182. The van der Waals surface area contributed by atoms with Crippen molar-refractivity contribution in [2.75, 3.05) is 26.8 Å². The number of benzene rings is 1. The van der Waals surface area contributed by atoms with Gasteiger partial charge in [0.05, 0.1) is 19.3 Å². The summed E-state index contributed by atoms with van der Waals surface area (Å²) in [4.78, 5) is 13.2. The van der Waals surface area contributed by atoms with Crippen molar-refractivity contribution in [1.29, 1.82) is 0 Å². The average Bonchev–Trinajstić information content (AvgIpc) is 2.46. The smallest absolute Gasteiger partial charge is 0.317 e. The fourth-order valence-electron chi connectivity index (χ4n) is 1.62. The van der Waals surface area contributed by atoms with Gasteiger partial charge < -0.3 is 20.1 Å². The maximum absolute atomic E-state index is 11.7. The third kappa shape index (κ3) is 5.09. The van der Waals surface area contributed by atoms with Gasteiger partial charge in [-0.3, -0.25) is 0 Å². The lowest BCUT2D eigenvalue weighted by Crippen LogP contribution is -2.44. The van der Waals surface area contributed by atoms with Gasteiger partial charge in [0.1, 0.15) is 5.75 Å². The molecule has 1 rings (SSSR count). The van der Waals surface area contributed by atoms with Crippen LogP contribution < -0.4 is 10.1 Å². The first-order valence-corrected chi connectivity index (χ1v) is 6.86. The summed E-state index contributed by atoms with van der Waals surface area (Å²) in [5.41, 5.74) is 1.10. The number of nitrogens with zero attached hydrogens (tertiary/aromatic N) is 1. The number of aliphatic hydroxyl groups is 1. The number of likely N-dealkylation sites (N-methyl/N-ethyl adjacent to an activating group) is 1. The van der Waals surface area contributed by atoms with Gasteiger partial charge in [0, 0.05) is 13.6 Å². The van der Waals surface area contributed by atoms with E-state index < -0.39 is 0 Å². The van der Waals surface area contributed by atoms with Crippen molar-refractivity contribution in [3.05, 3.63) is 29.8 Å². The molecule has 1 aromatic rings. The summed E-state index contributed by atoms with van der Waals surface area (Å²) in [7, 11) is 1.67. The molecule has 0 aliphatic rings. The Morgan fingerprint density at radius 1 is 1.45 bits per heavy atom. The highest BCUT2D eigenvalue weighted by molar-refractivity contribution is 5.74. The monoisotopic (exact) mass is 280 g/mol. The van der Waals surface area contributed by atoms with Crippen LogP contribution in [0, 0.1) is 6.92 Å². The van der Waals surface area contributed by atoms with Crippen LogP contribution in [0.3, 0.4) is 0 Å². The summed E-state index contributed by atoms with van der Waals surface area (Å²) < 4.78 is 5.64. The third-order valence-corrected chi connectivity index (χ3v) is 3.19. The van der Waals surface area contributed by atoms with Gasteiger partial charge in [-0.25, -0.2) is 4.79 Å². The number of aryl methyl sites for hydroxylation is 1. The molecule has 20 heavy (non-hydrogen) atoms. The van der Waals surface area contributed by atoms with Crippen LogP contribution in [0.15, 0.2) is 24.3 Å². The Hall–Kier alpha value is -1.75. The molecular formula is C15H24N2O3. The molecule has 112 valence electrons. The molecule has 2 N–H and O–H groups in total. The van der Waals surface area contributed by atoms with E-state index in [9.17, 15) is 4.79 Å². The van der Waals surface area contributed by atoms with Crippen LogP contribution in [0.1, 0.15) is 18.9 Å². The summed E-state index contributed by atoms with van der Waals surface area (Å²) in [6.07, 6.45) is 0.738. The number of aliphatic hydroxyl groups excluding tert-OH is 1. The summed E-state index contributed by atoms with van der Waals surface area (Å²) in [5, 5.41) is 11.8. The van der Waals surface area contributed by atoms with E-state index in [2.05, 4.69) is 5.32 Å². The molecule has 1 atom stereocenters. The molecule has 1 aromatic carbocycles. The number of nitrogens with one attached hydrogen (secondary N) is 1. The van der Waals surface area contributed by atoms with Gasteiger partial charge in [-0.05, 0) is 31.9 Å². The Balaban J connectivity index is 2.19. The number of amides is 2. The number of ether oxygens (including phenoxy) is 1. The quantitative estimate of drug-likeness (QED) is 0.749. The van der Waals surface area contributed by atoms with Crippen LogP contribution in [0.4, 0.5) is 4.79 Å². The van der Waals surface area contributed by atoms with Crippen LogP contribution in [-0.4, -0.2) is 48.9 Å². The molecule has 0 spiro atoms. The number of hydrogen-bond donors (Lipinski definition) is 2. The fourth-order valence-corrected chi connectivity index (χ4v) is 1.62. The number of urea groups is 1. The van der Waals surface area contributed by atoms with Crippen molar-refractivity contribution in [2.45, 2.75) is 26.3 Å². The molecular weight excluding hydrogens is 256 g/mol. The zero-order valence-corrected chi connectivity index (χ0v) is 12.4. The van der Waals surface area contributed by atoms with Gasteiger partial charge in [0.15, 0.2) is 0 Å². The number of hydrogen-bond acceptors (Lipinski definition) is 3. The topological polar surface area (TPSA) is 61.8 Å². The zero-order chi connectivity index (χ0) is 15.0. The first-order chi connectivity index (χ1) is 9.56. The van der Waals surface area contributed by atoms with E-state index in [1.165, 1.54) is 4.90 Å². The fraction of sp³-hybridized carbons (Fsp3) is 0.533. The van der Waals surface area contributed by atoms with Crippen LogP contribution in [-0.2, 0) is 0 Å². The van der Waals surface area contributed by atoms with E-state index in [-0.39, 0.29) is 18.7 Å². The molecule has 0 saturated carbocycles. The van der Waals surface area contributed by atoms with E-state index in [1.54, 1.807) is 14.0 Å². The van der Waals surface area contributed by atoms with Crippen molar-refractivity contribution >= 4 is 6.03 Å². The average molecular weight is 280 g/mol. The summed E-state index contributed by atoms with van der Waals surface area (Å²) in [6.45, 7) is 4.86. The zero-order valence-electron chi connectivity index (χ0n) is 12.4. The van der Waals surface area contributed by atoms with Crippen molar-refractivity contribution in [1.82, 2.24) is 10.2 Å². The lowest BCUT2D eigenvalue weighted by Gasteiger charge is -2.23. The Morgan fingerprint density at radius 2 is 2.15 bits per heavy atom. The van der Waals surface area contributed by atoms with Gasteiger partial charge in [0.25, 0.3) is 0 Å². The molecule has 5 heteroatoms. The van der Waals surface area contributed by atoms with Gasteiger partial charge in [0.2, 0.25) is 0 Å². The second kappa shape index (κ2) is 8.43. The van der Waals surface area contributed by atoms with Crippen molar-refractivity contribution in [3.63, 3.8) is 0 Å². The Labute approximate surface area is 120 Å². The second-order valence-electron chi connectivity index (χ2n) is 4.84. The van der Waals surface area contributed by atoms with Gasteiger partial charge in [-0.15, -0.1) is 0 Å². The lowest BCUT2D eigenvalue weighted by atomic mass is 10.2. The van der Waals surface area contributed by atoms with Crippen molar-refractivity contribution in [3.8, 4) is 5.75 Å². The number of carbonyl (C=O) groups is 1.